The van der Waals surface area contributed by atoms with Gasteiger partial charge in [0.1, 0.15) is 21.9 Å². The van der Waals surface area contributed by atoms with Gasteiger partial charge in [0.15, 0.2) is 0 Å². The van der Waals surface area contributed by atoms with Crippen molar-refractivity contribution in [3.63, 3.8) is 0 Å². The highest BCUT2D eigenvalue weighted by Gasteiger charge is 2.22. The molecule has 0 atom stereocenters. The molecule has 6 nitrogen and oxygen atoms in total. The number of nitrogens with one attached hydrogen (secondary N) is 1. The maximum atomic E-state index is 12.9. The van der Waals surface area contributed by atoms with Gasteiger partial charge in [0.05, 0.1) is 19.4 Å². The van der Waals surface area contributed by atoms with Crippen molar-refractivity contribution < 1.29 is 17.9 Å². The minimum absolute atomic E-state index is 0.0280. The highest BCUT2D eigenvalue weighted by molar-refractivity contribution is 7.92. The molecular weight excluding hydrogens is 376 g/mol. The van der Waals surface area contributed by atoms with E-state index in [0.29, 0.717) is 34.0 Å². The van der Waals surface area contributed by atoms with Gasteiger partial charge in [0.25, 0.3) is 10.0 Å². The Morgan fingerprint density at radius 3 is 2.65 bits per heavy atom. The number of ether oxygens (including phenoxy) is 2. The van der Waals surface area contributed by atoms with Gasteiger partial charge in [-0.1, -0.05) is 11.6 Å². The van der Waals surface area contributed by atoms with Crippen LogP contribution in [-0.4, -0.2) is 27.1 Å². The molecule has 0 aliphatic carbocycles. The number of sulfonamides is 1. The normalized spacial score (nSPS) is 11.3. The van der Waals surface area contributed by atoms with Crippen LogP contribution in [0, 0.1) is 0 Å². The van der Waals surface area contributed by atoms with Crippen LogP contribution >= 0.6 is 11.6 Å². The Morgan fingerprint density at radius 1 is 1.15 bits per heavy atom. The molecule has 1 N–H and O–H groups in total. The molecule has 3 aromatic rings. The number of nitrogens with zero attached hydrogens (tertiary/aromatic N) is 1. The van der Waals surface area contributed by atoms with E-state index >= 15 is 0 Å². The van der Waals surface area contributed by atoms with Crippen molar-refractivity contribution in [3.8, 4) is 11.5 Å². The van der Waals surface area contributed by atoms with Crippen molar-refractivity contribution >= 4 is 38.2 Å². The third kappa shape index (κ3) is 3.54. The Hall–Kier alpha value is -2.51. The SMILES string of the molecule is CCOc1ccc(Cl)cc1S(=O)(=O)Nc1ccc(OC)c2ncccc12. The van der Waals surface area contributed by atoms with Gasteiger partial charge in [0.2, 0.25) is 0 Å². The second-order valence-electron chi connectivity index (χ2n) is 5.34. The number of aromatic nitrogens is 1. The third-order valence-corrected chi connectivity index (χ3v) is 5.31. The van der Waals surface area contributed by atoms with E-state index in [-0.39, 0.29) is 10.6 Å². The quantitative estimate of drug-likeness (QED) is 0.683. The van der Waals surface area contributed by atoms with Gasteiger partial charge in [-0.3, -0.25) is 9.71 Å². The van der Waals surface area contributed by atoms with Crippen molar-refractivity contribution in [2.24, 2.45) is 0 Å². The van der Waals surface area contributed by atoms with E-state index in [1.54, 1.807) is 43.5 Å². The van der Waals surface area contributed by atoms with Gasteiger partial charge < -0.3 is 9.47 Å². The molecule has 0 bridgehead atoms. The van der Waals surface area contributed by atoms with Gasteiger partial charge in [0, 0.05) is 16.6 Å². The van der Waals surface area contributed by atoms with Crippen LogP contribution in [0.4, 0.5) is 5.69 Å². The monoisotopic (exact) mass is 392 g/mol. The summed E-state index contributed by atoms with van der Waals surface area (Å²) in [4.78, 5) is 4.24. The van der Waals surface area contributed by atoms with Crippen molar-refractivity contribution in [3.05, 3.63) is 53.7 Å². The highest BCUT2D eigenvalue weighted by Crippen LogP contribution is 2.33. The number of halogens is 1. The molecule has 0 amide bonds. The zero-order valence-electron chi connectivity index (χ0n) is 14.2. The maximum absolute atomic E-state index is 12.9. The summed E-state index contributed by atoms with van der Waals surface area (Å²) in [5.41, 5.74) is 0.947. The molecule has 2 aromatic carbocycles. The zero-order chi connectivity index (χ0) is 18.7. The van der Waals surface area contributed by atoms with Gasteiger partial charge in [-0.2, -0.15) is 0 Å². The Labute approximate surface area is 156 Å². The summed E-state index contributed by atoms with van der Waals surface area (Å²) in [7, 11) is -2.39. The Kier molecular flexibility index (Phi) is 5.20. The first kappa shape index (κ1) is 18.3. The number of fused-ring (bicyclic) bond motifs is 1. The van der Waals surface area contributed by atoms with Gasteiger partial charge in [-0.05, 0) is 49.4 Å². The van der Waals surface area contributed by atoms with Crippen LogP contribution in [0.1, 0.15) is 6.92 Å². The Morgan fingerprint density at radius 2 is 1.92 bits per heavy atom. The second-order valence-corrected chi connectivity index (χ2v) is 7.43. The fourth-order valence-electron chi connectivity index (χ4n) is 2.57. The fourth-order valence-corrected chi connectivity index (χ4v) is 4.06. The molecule has 1 heterocycles. The number of methoxy groups -OCH3 is 1. The third-order valence-electron chi connectivity index (χ3n) is 3.69. The molecule has 26 heavy (non-hydrogen) atoms. The lowest BCUT2D eigenvalue weighted by molar-refractivity contribution is 0.331. The van der Waals surface area contributed by atoms with Crippen LogP contribution in [0.5, 0.6) is 11.5 Å². The Balaban J connectivity index is 2.09. The fraction of sp³-hybridized carbons (Fsp3) is 0.167. The largest absolute Gasteiger partial charge is 0.494 e. The lowest BCUT2D eigenvalue weighted by Gasteiger charge is -2.15. The summed E-state index contributed by atoms with van der Waals surface area (Å²) in [6.45, 7) is 2.11. The van der Waals surface area contributed by atoms with E-state index in [0.717, 1.165) is 0 Å². The number of rotatable bonds is 6. The number of benzene rings is 2. The summed E-state index contributed by atoms with van der Waals surface area (Å²) in [6, 6.07) is 11.3. The van der Waals surface area contributed by atoms with E-state index in [4.69, 9.17) is 21.1 Å². The zero-order valence-corrected chi connectivity index (χ0v) is 15.8. The van der Waals surface area contributed by atoms with E-state index in [1.807, 2.05) is 0 Å². The van der Waals surface area contributed by atoms with E-state index in [1.165, 1.54) is 19.2 Å². The van der Waals surface area contributed by atoms with E-state index in [2.05, 4.69) is 9.71 Å². The molecule has 0 spiro atoms. The van der Waals surface area contributed by atoms with Crippen LogP contribution in [0.25, 0.3) is 10.9 Å². The summed E-state index contributed by atoms with van der Waals surface area (Å²) in [6.07, 6.45) is 1.62. The second kappa shape index (κ2) is 7.39. The minimum Gasteiger partial charge on any atom is -0.494 e. The number of hydrogen-bond acceptors (Lipinski definition) is 5. The Bertz CT molecular complexity index is 1050. The van der Waals surface area contributed by atoms with Crippen LogP contribution in [0.3, 0.4) is 0 Å². The first-order valence-corrected chi connectivity index (χ1v) is 9.69. The molecular formula is C18H17ClN2O4S. The van der Waals surface area contributed by atoms with Crippen LogP contribution in [0.15, 0.2) is 53.6 Å². The molecule has 136 valence electrons. The number of hydrogen-bond donors (Lipinski definition) is 1. The molecule has 0 aliphatic heterocycles. The molecule has 1 aromatic heterocycles. The molecule has 0 saturated carbocycles. The number of anilines is 1. The van der Waals surface area contributed by atoms with Crippen LogP contribution < -0.4 is 14.2 Å². The van der Waals surface area contributed by atoms with Gasteiger partial charge in [-0.15, -0.1) is 0 Å². The van der Waals surface area contributed by atoms with Crippen LogP contribution in [-0.2, 0) is 10.0 Å². The molecule has 8 heteroatoms. The van der Waals surface area contributed by atoms with E-state index in [9.17, 15) is 8.42 Å². The standard InChI is InChI=1S/C18H17ClN2O4S/c1-3-25-15-8-6-12(19)11-17(15)26(22,23)21-14-7-9-16(24-2)18-13(14)5-4-10-20-18/h4-11,21H,3H2,1-2H3. The minimum atomic E-state index is -3.93. The van der Waals surface area contributed by atoms with Crippen molar-refractivity contribution in [1.29, 1.82) is 0 Å². The van der Waals surface area contributed by atoms with E-state index < -0.39 is 10.0 Å². The topological polar surface area (TPSA) is 77.5 Å². The lowest BCUT2D eigenvalue weighted by atomic mass is 10.2. The van der Waals surface area contributed by atoms with Crippen LogP contribution in [0.2, 0.25) is 5.02 Å². The molecule has 0 aliphatic rings. The predicted octanol–water partition coefficient (Wildman–Crippen LogP) is 4.10. The number of pyridine rings is 1. The summed E-state index contributed by atoms with van der Waals surface area (Å²) in [5.74, 6) is 0.793. The van der Waals surface area contributed by atoms with Crippen molar-refractivity contribution in [2.45, 2.75) is 11.8 Å². The molecule has 0 radical (unpaired) electrons. The molecule has 3 rings (SSSR count). The summed E-state index contributed by atoms with van der Waals surface area (Å²) in [5, 5.41) is 0.922. The van der Waals surface area contributed by atoms with Crippen molar-refractivity contribution in [2.75, 3.05) is 18.4 Å². The average Bonchev–Trinajstić information content (AvgIpc) is 2.63. The van der Waals surface area contributed by atoms with Crippen molar-refractivity contribution in [1.82, 2.24) is 4.98 Å². The molecule has 0 unspecified atom stereocenters. The summed E-state index contributed by atoms with van der Waals surface area (Å²) >= 11 is 5.99. The molecule has 0 fully saturated rings. The smallest absolute Gasteiger partial charge is 0.265 e. The lowest BCUT2D eigenvalue weighted by Crippen LogP contribution is -2.15. The van der Waals surface area contributed by atoms with Gasteiger partial charge >= 0.3 is 0 Å². The first-order chi connectivity index (χ1) is 12.5. The average molecular weight is 393 g/mol. The maximum Gasteiger partial charge on any atom is 0.265 e. The first-order valence-electron chi connectivity index (χ1n) is 7.83. The predicted molar refractivity (Wildman–Crippen MR) is 102 cm³/mol. The van der Waals surface area contributed by atoms with Gasteiger partial charge in [-0.25, -0.2) is 8.42 Å². The highest BCUT2D eigenvalue weighted by atomic mass is 35.5. The molecule has 0 saturated heterocycles. The summed E-state index contributed by atoms with van der Waals surface area (Å²) < 4.78 is 39.2.